The van der Waals surface area contributed by atoms with Crippen LogP contribution in [0.1, 0.15) is 72.6 Å². The van der Waals surface area contributed by atoms with Crippen LogP contribution in [0.15, 0.2) is 23.8 Å². The molecule has 1 unspecified atom stereocenters. The van der Waals surface area contributed by atoms with Gasteiger partial charge in [-0.3, -0.25) is 0 Å². The fourth-order valence-electron chi connectivity index (χ4n) is 7.68. The molecule has 0 radical (unpaired) electrons. The molecule has 0 nitrogen and oxygen atoms in total. The Morgan fingerprint density at radius 2 is 2.00 bits per heavy atom. The molecule has 0 heterocycles. The van der Waals surface area contributed by atoms with Crippen LogP contribution in [0.4, 0.5) is 0 Å². The summed E-state index contributed by atoms with van der Waals surface area (Å²) < 4.78 is 0. The van der Waals surface area contributed by atoms with Gasteiger partial charge in [-0.05, 0) is 73.5 Å². The third-order valence-corrected chi connectivity index (χ3v) is 8.65. The summed E-state index contributed by atoms with van der Waals surface area (Å²) in [5, 5.41) is 0. The van der Waals surface area contributed by atoms with Crippen molar-refractivity contribution >= 4 is 0 Å². The lowest BCUT2D eigenvalue weighted by molar-refractivity contribution is -0.0350. The van der Waals surface area contributed by atoms with Crippen LogP contribution in [0.2, 0.25) is 0 Å². The average Bonchev–Trinajstić information content (AvgIpc) is 2.76. The molecule has 0 N–H and O–H groups in total. The first kappa shape index (κ1) is 15.0. The van der Waals surface area contributed by atoms with Crippen molar-refractivity contribution < 1.29 is 0 Å². The molecule has 122 valence electrons. The summed E-state index contributed by atoms with van der Waals surface area (Å²) in [6.45, 7) is 10.2. The first-order valence-electron chi connectivity index (χ1n) is 9.88. The lowest BCUT2D eigenvalue weighted by Gasteiger charge is -2.57. The Labute approximate surface area is 137 Å². The zero-order valence-corrected chi connectivity index (χ0v) is 15.1. The van der Waals surface area contributed by atoms with Crippen LogP contribution in [0.3, 0.4) is 0 Å². The molecule has 0 amide bonds. The smallest absolute Gasteiger partial charge is 0.00936 e. The second-order valence-electron chi connectivity index (χ2n) is 9.34. The molecule has 0 aromatic heterocycles. The molecular formula is C22H34. The summed E-state index contributed by atoms with van der Waals surface area (Å²) in [7, 11) is 0. The van der Waals surface area contributed by atoms with Gasteiger partial charge < -0.3 is 0 Å². The maximum Gasteiger partial charge on any atom is 0.00936 e. The summed E-state index contributed by atoms with van der Waals surface area (Å²) in [5.41, 5.74) is 2.82. The third kappa shape index (κ3) is 1.82. The van der Waals surface area contributed by atoms with Crippen molar-refractivity contribution in [3.05, 3.63) is 23.8 Å². The van der Waals surface area contributed by atoms with Crippen LogP contribution in [0.5, 0.6) is 0 Å². The number of allylic oxidation sites excluding steroid dienone is 4. The molecule has 3 saturated carbocycles. The van der Waals surface area contributed by atoms with Gasteiger partial charge in [-0.25, -0.2) is 0 Å². The summed E-state index contributed by atoms with van der Waals surface area (Å²) >= 11 is 0. The number of rotatable bonds is 1. The second kappa shape index (κ2) is 4.99. The van der Waals surface area contributed by atoms with Gasteiger partial charge in [-0.15, -0.1) is 0 Å². The van der Waals surface area contributed by atoms with Crippen molar-refractivity contribution in [2.75, 3.05) is 0 Å². The fourth-order valence-corrected chi connectivity index (χ4v) is 7.68. The minimum atomic E-state index is 0.399. The van der Waals surface area contributed by atoms with Crippen molar-refractivity contribution in [3.8, 4) is 0 Å². The molecule has 7 atom stereocenters. The van der Waals surface area contributed by atoms with Gasteiger partial charge in [0.1, 0.15) is 0 Å². The average molecular weight is 299 g/mol. The highest BCUT2D eigenvalue weighted by Gasteiger charge is 2.59. The van der Waals surface area contributed by atoms with Crippen molar-refractivity contribution in [3.63, 3.8) is 0 Å². The van der Waals surface area contributed by atoms with Crippen molar-refractivity contribution in [2.45, 2.75) is 72.6 Å². The van der Waals surface area contributed by atoms with Gasteiger partial charge in [0, 0.05) is 5.41 Å². The van der Waals surface area contributed by atoms with Gasteiger partial charge in [0.2, 0.25) is 0 Å². The van der Waals surface area contributed by atoms with Gasteiger partial charge in [-0.1, -0.05) is 57.9 Å². The molecule has 0 aromatic carbocycles. The summed E-state index contributed by atoms with van der Waals surface area (Å²) in [4.78, 5) is 0. The normalized spacial score (nSPS) is 53.5. The Bertz CT molecular complexity index is 512. The quantitative estimate of drug-likeness (QED) is 0.492. The van der Waals surface area contributed by atoms with Crippen LogP contribution in [-0.4, -0.2) is 0 Å². The van der Waals surface area contributed by atoms with E-state index >= 15 is 0 Å². The van der Waals surface area contributed by atoms with E-state index in [0.29, 0.717) is 10.8 Å². The molecule has 0 spiro atoms. The maximum atomic E-state index is 2.66. The third-order valence-electron chi connectivity index (χ3n) is 8.65. The standard InChI is InChI=1S/C22H34/c1-5-18-15(2)14-20-17-10-9-16-8-6-7-12-21(16,3)19(17)11-13-22(18,20)4/h7-8,12,15,17-20H,5-6,9-11,13-14H2,1-4H3/t15?,17-,18+,19+,20+,21+,22-/m1/s1. The highest BCUT2D eigenvalue weighted by Crippen LogP contribution is 2.67. The molecule has 0 aliphatic heterocycles. The Morgan fingerprint density at radius 1 is 1.18 bits per heavy atom. The Kier molecular flexibility index (Phi) is 3.41. The van der Waals surface area contributed by atoms with Crippen molar-refractivity contribution in [1.29, 1.82) is 0 Å². The van der Waals surface area contributed by atoms with Crippen molar-refractivity contribution in [1.82, 2.24) is 0 Å². The lowest BCUT2D eigenvalue weighted by Crippen LogP contribution is -2.49. The molecule has 22 heavy (non-hydrogen) atoms. The van der Waals surface area contributed by atoms with Gasteiger partial charge in [0.25, 0.3) is 0 Å². The number of fused-ring (bicyclic) bond motifs is 5. The van der Waals surface area contributed by atoms with Crippen LogP contribution >= 0.6 is 0 Å². The first-order chi connectivity index (χ1) is 10.5. The van der Waals surface area contributed by atoms with E-state index in [4.69, 9.17) is 0 Å². The van der Waals surface area contributed by atoms with Gasteiger partial charge in [-0.2, -0.15) is 0 Å². The number of hydrogen-bond donors (Lipinski definition) is 0. The summed E-state index contributed by atoms with van der Waals surface area (Å²) in [5.74, 6) is 4.84. The highest BCUT2D eigenvalue weighted by molar-refractivity contribution is 5.31. The summed E-state index contributed by atoms with van der Waals surface area (Å²) in [6.07, 6.45) is 17.5. The molecule has 0 heteroatoms. The van der Waals surface area contributed by atoms with E-state index in [9.17, 15) is 0 Å². The van der Waals surface area contributed by atoms with Crippen molar-refractivity contribution in [2.24, 2.45) is 40.4 Å². The van der Waals surface area contributed by atoms with E-state index in [0.717, 1.165) is 29.6 Å². The SMILES string of the molecule is CC[C@H]1C(C)C[C@H]2[C@@H]3CCC4=CCC=C[C@]4(C)[C@H]3CC[C@]12C. The Hall–Kier alpha value is -0.520. The monoisotopic (exact) mass is 298 g/mol. The second-order valence-corrected chi connectivity index (χ2v) is 9.34. The van der Waals surface area contributed by atoms with E-state index in [1.54, 1.807) is 5.57 Å². The molecule has 3 fully saturated rings. The predicted molar refractivity (Wildman–Crippen MR) is 94.6 cm³/mol. The largest absolute Gasteiger partial charge is 0.0839 e. The minimum Gasteiger partial charge on any atom is -0.0839 e. The van der Waals surface area contributed by atoms with E-state index in [2.05, 4.69) is 45.9 Å². The van der Waals surface area contributed by atoms with E-state index in [1.165, 1.54) is 44.9 Å². The fraction of sp³-hybridized carbons (Fsp3) is 0.818. The zero-order chi connectivity index (χ0) is 15.5. The summed E-state index contributed by atoms with van der Waals surface area (Å²) in [6, 6.07) is 0. The topological polar surface area (TPSA) is 0 Å². The first-order valence-corrected chi connectivity index (χ1v) is 9.88. The maximum absolute atomic E-state index is 2.66. The number of hydrogen-bond acceptors (Lipinski definition) is 0. The Morgan fingerprint density at radius 3 is 2.77 bits per heavy atom. The molecule has 0 saturated heterocycles. The molecule has 0 bridgehead atoms. The van der Waals surface area contributed by atoms with E-state index in [-0.39, 0.29) is 0 Å². The van der Waals surface area contributed by atoms with Crippen LogP contribution in [-0.2, 0) is 0 Å². The molecular weight excluding hydrogens is 264 g/mol. The van der Waals surface area contributed by atoms with Crippen LogP contribution < -0.4 is 0 Å². The van der Waals surface area contributed by atoms with Crippen LogP contribution in [0.25, 0.3) is 0 Å². The minimum absolute atomic E-state index is 0.399. The lowest BCUT2D eigenvalue weighted by atomic mass is 9.47. The molecule has 0 aromatic rings. The van der Waals surface area contributed by atoms with Gasteiger partial charge in [0.05, 0.1) is 0 Å². The Balaban J connectivity index is 1.69. The zero-order valence-electron chi connectivity index (χ0n) is 15.1. The van der Waals surface area contributed by atoms with Crippen LogP contribution in [0, 0.1) is 40.4 Å². The highest BCUT2D eigenvalue weighted by atomic mass is 14.6. The van der Waals surface area contributed by atoms with E-state index in [1.807, 2.05) is 0 Å². The molecule has 4 aliphatic rings. The predicted octanol–water partition coefficient (Wildman–Crippen LogP) is 6.39. The molecule has 4 rings (SSSR count). The van der Waals surface area contributed by atoms with E-state index < -0.39 is 0 Å². The van der Waals surface area contributed by atoms with Gasteiger partial charge >= 0.3 is 0 Å². The van der Waals surface area contributed by atoms with Gasteiger partial charge in [0.15, 0.2) is 0 Å². The molecule has 4 aliphatic carbocycles.